The van der Waals surface area contributed by atoms with Crippen molar-refractivity contribution in [1.29, 1.82) is 0 Å². The summed E-state index contributed by atoms with van der Waals surface area (Å²) in [7, 11) is 0. The van der Waals surface area contributed by atoms with Crippen LogP contribution in [0.5, 0.6) is 0 Å². The van der Waals surface area contributed by atoms with Crippen molar-refractivity contribution in [1.82, 2.24) is 15.5 Å². The van der Waals surface area contributed by atoms with Crippen molar-refractivity contribution in [2.45, 2.75) is 19.3 Å². The predicted octanol–water partition coefficient (Wildman–Crippen LogP) is 0.738. The summed E-state index contributed by atoms with van der Waals surface area (Å²) in [5.41, 5.74) is 0. The summed E-state index contributed by atoms with van der Waals surface area (Å²) < 4.78 is 0. The molecule has 1 aliphatic heterocycles. The van der Waals surface area contributed by atoms with Crippen LogP contribution in [0.2, 0.25) is 0 Å². The van der Waals surface area contributed by atoms with Gasteiger partial charge < -0.3 is 10.6 Å². The van der Waals surface area contributed by atoms with Gasteiger partial charge in [0.2, 0.25) is 5.91 Å². The molecule has 1 saturated heterocycles. The van der Waals surface area contributed by atoms with E-state index in [1.165, 1.54) is 0 Å². The molecule has 0 atom stereocenters. The van der Waals surface area contributed by atoms with Gasteiger partial charge in [0.25, 0.3) is 0 Å². The van der Waals surface area contributed by atoms with E-state index in [4.69, 9.17) is 0 Å². The van der Waals surface area contributed by atoms with Crippen molar-refractivity contribution in [3.05, 3.63) is 12.3 Å². The smallest absolute Gasteiger partial charge is 0.225 e. The molecule has 0 bridgehead atoms. The van der Waals surface area contributed by atoms with Crippen LogP contribution in [0.1, 0.15) is 19.3 Å². The lowest BCUT2D eigenvalue weighted by atomic mass is 9.94. The second kappa shape index (κ2) is 4.93. The number of amides is 1. The van der Waals surface area contributed by atoms with Crippen LogP contribution in [-0.4, -0.2) is 29.2 Å². The molecule has 1 fully saturated rings. The lowest BCUT2D eigenvalue weighted by Crippen LogP contribution is -2.30. The van der Waals surface area contributed by atoms with Crippen molar-refractivity contribution in [2.24, 2.45) is 5.92 Å². The number of hydrogen-bond acceptors (Lipinski definition) is 3. The van der Waals surface area contributed by atoms with Crippen LogP contribution in [-0.2, 0) is 4.79 Å². The van der Waals surface area contributed by atoms with Gasteiger partial charge in [0.1, 0.15) is 5.82 Å². The van der Waals surface area contributed by atoms with E-state index in [-0.39, 0.29) is 5.91 Å². The first kappa shape index (κ1) is 10.2. The zero-order chi connectivity index (χ0) is 10.5. The van der Waals surface area contributed by atoms with E-state index in [2.05, 4.69) is 20.8 Å². The highest BCUT2D eigenvalue weighted by Crippen LogP contribution is 2.16. The van der Waals surface area contributed by atoms with Gasteiger partial charge >= 0.3 is 0 Å². The Bertz CT molecular complexity index is 303. The molecular formula is C10H16N4O. The Labute approximate surface area is 88.6 Å². The second-order valence-electron chi connectivity index (χ2n) is 3.92. The molecule has 1 aromatic heterocycles. The first-order chi connectivity index (χ1) is 7.34. The largest absolute Gasteiger partial charge is 0.317 e. The molecule has 5 heteroatoms. The summed E-state index contributed by atoms with van der Waals surface area (Å²) in [5, 5.41) is 12.6. The van der Waals surface area contributed by atoms with Gasteiger partial charge in [-0.15, -0.1) is 0 Å². The Kier molecular flexibility index (Phi) is 3.34. The van der Waals surface area contributed by atoms with Gasteiger partial charge in [-0.2, -0.15) is 5.10 Å². The molecule has 1 aromatic rings. The molecule has 1 amide bonds. The molecule has 0 aliphatic carbocycles. The number of carbonyl (C=O) groups excluding carboxylic acids is 1. The summed E-state index contributed by atoms with van der Waals surface area (Å²) in [6.45, 7) is 2.06. The van der Waals surface area contributed by atoms with E-state index in [1.54, 1.807) is 12.3 Å². The van der Waals surface area contributed by atoms with E-state index < -0.39 is 0 Å². The predicted molar refractivity (Wildman–Crippen MR) is 57.4 cm³/mol. The van der Waals surface area contributed by atoms with Crippen molar-refractivity contribution < 1.29 is 4.79 Å². The average Bonchev–Trinajstić information content (AvgIpc) is 2.71. The van der Waals surface area contributed by atoms with E-state index >= 15 is 0 Å². The summed E-state index contributed by atoms with van der Waals surface area (Å²) in [6, 6.07) is 1.75. The normalized spacial score (nSPS) is 17.6. The number of rotatable bonds is 3. The van der Waals surface area contributed by atoms with Gasteiger partial charge in [-0.3, -0.25) is 9.89 Å². The van der Waals surface area contributed by atoms with Crippen LogP contribution in [0.3, 0.4) is 0 Å². The molecule has 0 spiro atoms. The number of anilines is 1. The number of hydrogen-bond donors (Lipinski definition) is 3. The molecule has 15 heavy (non-hydrogen) atoms. The van der Waals surface area contributed by atoms with Gasteiger partial charge in [-0.25, -0.2) is 0 Å². The zero-order valence-corrected chi connectivity index (χ0v) is 8.62. The molecule has 0 unspecified atom stereocenters. The minimum absolute atomic E-state index is 0.0751. The number of carbonyl (C=O) groups is 1. The maximum Gasteiger partial charge on any atom is 0.225 e. The SMILES string of the molecule is O=C(CC1CCNCC1)Nc1ccn[nH]1. The molecule has 1 aliphatic rings. The monoisotopic (exact) mass is 208 g/mol. The maximum atomic E-state index is 11.6. The minimum Gasteiger partial charge on any atom is -0.317 e. The van der Waals surface area contributed by atoms with Crippen molar-refractivity contribution in [3.63, 3.8) is 0 Å². The Balaban J connectivity index is 1.76. The van der Waals surface area contributed by atoms with Gasteiger partial charge in [0, 0.05) is 12.5 Å². The maximum absolute atomic E-state index is 11.6. The van der Waals surface area contributed by atoms with Crippen LogP contribution in [0.25, 0.3) is 0 Å². The molecule has 3 N–H and O–H groups in total. The number of nitrogens with one attached hydrogen (secondary N) is 3. The van der Waals surface area contributed by atoms with Gasteiger partial charge in [0.05, 0.1) is 6.20 Å². The Morgan fingerprint density at radius 3 is 3.00 bits per heavy atom. The van der Waals surface area contributed by atoms with Gasteiger partial charge in [-0.05, 0) is 31.8 Å². The third-order valence-electron chi connectivity index (χ3n) is 2.71. The fraction of sp³-hybridized carbons (Fsp3) is 0.600. The summed E-state index contributed by atoms with van der Waals surface area (Å²) >= 11 is 0. The lowest BCUT2D eigenvalue weighted by molar-refractivity contribution is -0.117. The molecular weight excluding hydrogens is 192 g/mol. The van der Waals surface area contributed by atoms with Crippen LogP contribution >= 0.6 is 0 Å². The molecule has 5 nitrogen and oxygen atoms in total. The third-order valence-corrected chi connectivity index (χ3v) is 2.71. The highest BCUT2D eigenvalue weighted by atomic mass is 16.1. The van der Waals surface area contributed by atoms with Crippen LogP contribution < -0.4 is 10.6 Å². The van der Waals surface area contributed by atoms with Crippen molar-refractivity contribution >= 4 is 11.7 Å². The first-order valence-electron chi connectivity index (χ1n) is 5.34. The number of aromatic amines is 1. The quantitative estimate of drug-likeness (QED) is 0.686. The van der Waals surface area contributed by atoms with Crippen molar-refractivity contribution in [2.75, 3.05) is 18.4 Å². The van der Waals surface area contributed by atoms with Crippen LogP contribution in [0, 0.1) is 5.92 Å². The fourth-order valence-corrected chi connectivity index (χ4v) is 1.87. The lowest BCUT2D eigenvalue weighted by Gasteiger charge is -2.21. The fourth-order valence-electron chi connectivity index (χ4n) is 1.87. The number of aromatic nitrogens is 2. The molecule has 0 saturated carbocycles. The standard InChI is InChI=1S/C10H16N4O/c15-10(13-9-3-6-12-14-9)7-8-1-4-11-5-2-8/h3,6,8,11H,1-2,4-5,7H2,(H2,12,13,14,15). The zero-order valence-electron chi connectivity index (χ0n) is 8.62. The van der Waals surface area contributed by atoms with Gasteiger partial charge in [0.15, 0.2) is 0 Å². The molecule has 0 radical (unpaired) electrons. The summed E-state index contributed by atoms with van der Waals surface area (Å²) in [5.74, 6) is 1.27. The number of nitrogens with zero attached hydrogens (tertiary/aromatic N) is 1. The van der Waals surface area contributed by atoms with Crippen molar-refractivity contribution in [3.8, 4) is 0 Å². The summed E-state index contributed by atoms with van der Waals surface area (Å²) in [4.78, 5) is 11.6. The highest BCUT2D eigenvalue weighted by molar-refractivity contribution is 5.89. The molecule has 0 aromatic carbocycles. The van der Waals surface area contributed by atoms with E-state index in [9.17, 15) is 4.79 Å². The van der Waals surface area contributed by atoms with Crippen LogP contribution in [0.15, 0.2) is 12.3 Å². The first-order valence-corrected chi connectivity index (χ1v) is 5.34. The number of piperidine rings is 1. The molecule has 2 heterocycles. The Morgan fingerprint density at radius 1 is 1.53 bits per heavy atom. The summed E-state index contributed by atoms with van der Waals surface area (Å²) in [6.07, 6.45) is 4.42. The third kappa shape index (κ3) is 3.06. The van der Waals surface area contributed by atoms with E-state index in [1.807, 2.05) is 0 Å². The topological polar surface area (TPSA) is 69.8 Å². The van der Waals surface area contributed by atoms with E-state index in [0.717, 1.165) is 25.9 Å². The average molecular weight is 208 g/mol. The second-order valence-corrected chi connectivity index (χ2v) is 3.92. The highest BCUT2D eigenvalue weighted by Gasteiger charge is 2.16. The van der Waals surface area contributed by atoms with Gasteiger partial charge in [-0.1, -0.05) is 0 Å². The minimum atomic E-state index is 0.0751. The van der Waals surface area contributed by atoms with E-state index in [0.29, 0.717) is 18.2 Å². The number of H-pyrrole nitrogens is 1. The van der Waals surface area contributed by atoms with Crippen LogP contribution in [0.4, 0.5) is 5.82 Å². The Morgan fingerprint density at radius 2 is 2.33 bits per heavy atom. The molecule has 82 valence electrons. The molecule has 2 rings (SSSR count). The Hall–Kier alpha value is -1.36.